The predicted molar refractivity (Wildman–Crippen MR) is 108 cm³/mol. The van der Waals surface area contributed by atoms with Crippen LogP contribution in [0.4, 0.5) is 0 Å². The lowest BCUT2D eigenvalue weighted by Gasteiger charge is -2.32. The smallest absolute Gasteiger partial charge is 0.234 e. The van der Waals surface area contributed by atoms with Crippen LogP contribution in [-0.4, -0.2) is 42.9 Å². The number of halogens is 1. The van der Waals surface area contributed by atoms with Crippen LogP contribution in [0.2, 0.25) is 0 Å². The minimum atomic E-state index is -0.00970. The summed E-state index contributed by atoms with van der Waals surface area (Å²) < 4.78 is 1.03. The van der Waals surface area contributed by atoms with Gasteiger partial charge in [-0.05, 0) is 56.3 Å². The first-order valence-electron chi connectivity index (χ1n) is 9.51. The van der Waals surface area contributed by atoms with Crippen LogP contribution in [0, 0.1) is 5.92 Å². The Morgan fingerprint density at radius 3 is 2.69 bits per heavy atom. The van der Waals surface area contributed by atoms with Gasteiger partial charge in [-0.1, -0.05) is 35.0 Å². The molecule has 26 heavy (non-hydrogen) atoms. The summed E-state index contributed by atoms with van der Waals surface area (Å²) in [5, 5.41) is 6.09. The van der Waals surface area contributed by atoms with Crippen LogP contribution in [-0.2, 0) is 9.59 Å². The van der Waals surface area contributed by atoms with Crippen molar-refractivity contribution in [3.8, 4) is 0 Å². The third-order valence-electron chi connectivity index (χ3n) is 4.78. The minimum absolute atomic E-state index is 0.00970. The molecule has 0 radical (unpaired) electrons. The summed E-state index contributed by atoms with van der Waals surface area (Å²) in [7, 11) is 0. The first kappa shape index (κ1) is 20.9. The summed E-state index contributed by atoms with van der Waals surface area (Å²) in [6.07, 6.45) is 3.65. The van der Waals surface area contributed by atoms with Gasteiger partial charge in [0.1, 0.15) is 0 Å². The molecule has 1 aromatic rings. The molecule has 1 aromatic carbocycles. The number of benzene rings is 1. The highest BCUT2D eigenvalue weighted by Gasteiger charge is 2.22. The molecule has 1 aliphatic heterocycles. The lowest BCUT2D eigenvalue weighted by Crippen LogP contribution is -2.45. The van der Waals surface area contributed by atoms with E-state index in [-0.39, 0.29) is 17.9 Å². The van der Waals surface area contributed by atoms with E-state index >= 15 is 0 Å². The molecule has 0 spiro atoms. The Morgan fingerprint density at radius 2 is 2.00 bits per heavy atom. The summed E-state index contributed by atoms with van der Waals surface area (Å²) in [5.74, 6) is 0.614. The lowest BCUT2D eigenvalue weighted by atomic mass is 9.98. The number of carbonyl (C=O) groups is 2. The van der Waals surface area contributed by atoms with Gasteiger partial charge in [0.25, 0.3) is 0 Å². The van der Waals surface area contributed by atoms with Crippen molar-refractivity contribution in [2.45, 2.75) is 45.6 Å². The van der Waals surface area contributed by atoms with Crippen molar-refractivity contribution in [1.82, 2.24) is 15.5 Å². The third-order valence-corrected chi connectivity index (χ3v) is 5.31. The fraction of sp³-hybridized carbons (Fsp3) is 0.600. The molecule has 2 rings (SSSR count). The van der Waals surface area contributed by atoms with Gasteiger partial charge in [-0.3, -0.25) is 14.5 Å². The summed E-state index contributed by atoms with van der Waals surface area (Å²) in [6.45, 7) is 6.96. The number of likely N-dealkylation sites (tertiary alicyclic amines) is 1. The number of rotatable bonds is 8. The van der Waals surface area contributed by atoms with E-state index in [1.807, 2.05) is 38.1 Å². The second-order valence-corrected chi connectivity index (χ2v) is 8.05. The molecule has 2 unspecified atom stereocenters. The first-order chi connectivity index (χ1) is 12.5. The van der Waals surface area contributed by atoms with Crippen LogP contribution < -0.4 is 10.6 Å². The topological polar surface area (TPSA) is 61.4 Å². The Balaban J connectivity index is 1.75. The second kappa shape index (κ2) is 10.7. The number of hydrogen-bond donors (Lipinski definition) is 2. The maximum atomic E-state index is 12.4. The Kier molecular flexibility index (Phi) is 8.59. The fourth-order valence-electron chi connectivity index (χ4n) is 3.36. The van der Waals surface area contributed by atoms with Crippen molar-refractivity contribution in [3.63, 3.8) is 0 Å². The van der Waals surface area contributed by atoms with E-state index in [0.717, 1.165) is 42.4 Å². The highest BCUT2D eigenvalue weighted by molar-refractivity contribution is 9.10. The molecule has 0 bridgehead atoms. The third kappa shape index (κ3) is 7.08. The molecule has 2 N–H and O–H groups in total. The van der Waals surface area contributed by atoms with Gasteiger partial charge in [0, 0.05) is 24.0 Å². The number of hydrogen-bond acceptors (Lipinski definition) is 3. The van der Waals surface area contributed by atoms with Gasteiger partial charge in [-0.2, -0.15) is 0 Å². The fourth-order valence-corrected chi connectivity index (χ4v) is 3.62. The van der Waals surface area contributed by atoms with E-state index in [1.165, 1.54) is 0 Å². The Morgan fingerprint density at radius 1 is 1.27 bits per heavy atom. The van der Waals surface area contributed by atoms with Crippen molar-refractivity contribution in [3.05, 3.63) is 34.3 Å². The summed E-state index contributed by atoms with van der Waals surface area (Å²) in [5.41, 5.74) is 1.09. The van der Waals surface area contributed by atoms with E-state index in [9.17, 15) is 9.59 Å². The van der Waals surface area contributed by atoms with Gasteiger partial charge in [0.15, 0.2) is 0 Å². The van der Waals surface area contributed by atoms with Crippen molar-refractivity contribution < 1.29 is 9.59 Å². The van der Waals surface area contributed by atoms with E-state index in [0.29, 0.717) is 25.4 Å². The SMILES string of the molecule is CCCC(=O)NCC1CCCN(CC(=O)NC(C)c2ccc(Br)cc2)C1. The Labute approximate surface area is 165 Å². The van der Waals surface area contributed by atoms with Crippen LogP contribution in [0.1, 0.15) is 51.1 Å². The molecule has 2 atom stereocenters. The second-order valence-electron chi connectivity index (χ2n) is 7.14. The van der Waals surface area contributed by atoms with Crippen LogP contribution in [0.25, 0.3) is 0 Å². The van der Waals surface area contributed by atoms with Gasteiger partial charge >= 0.3 is 0 Å². The van der Waals surface area contributed by atoms with Gasteiger partial charge in [0.05, 0.1) is 12.6 Å². The van der Waals surface area contributed by atoms with Gasteiger partial charge in [-0.15, -0.1) is 0 Å². The van der Waals surface area contributed by atoms with E-state index in [2.05, 4.69) is 31.5 Å². The molecule has 0 aromatic heterocycles. The quantitative estimate of drug-likeness (QED) is 0.674. The molecule has 0 saturated carbocycles. The zero-order chi connectivity index (χ0) is 18.9. The normalized spacial score (nSPS) is 19.0. The standard InChI is InChI=1S/C20H30BrN3O2/c1-3-5-19(25)22-12-16-6-4-11-24(13-16)14-20(26)23-15(2)17-7-9-18(21)10-8-17/h7-10,15-16H,3-6,11-14H2,1-2H3,(H,22,25)(H,23,26). The van der Waals surface area contributed by atoms with Crippen molar-refractivity contribution >= 4 is 27.7 Å². The summed E-state index contributed by atoms with van der Waals surface area (Å²) in [6, 6.07) is 8.00. The van der Waals surface area contributed by atoms with Gasteiger partial charge < -0.3 is 10.6 Å². The largest absolute Gasteiger partial charge is 0.356 e. The molecular weight excluding hydrogens is 394 g/mol. The Bertz CT molecular complexity index is 591. The number of carbonyl (C=O) groups excluding carboxylic acids is 2. The molecule has 0 aliphatic carbocycles. The number of nitrogens with zero attached hydrogens (tertiary/aromatic N) is 1. The molecule has 1 saturated heterocycles. The lowest BCUT2D eigenvalue weighted by molar-refractivity contribution is -0.124. The molecule has 2 amide bonds. The van der Waals surface area contributed by atoms with Crippen molar-refractivity contribution in [1.29, 1.82) is 0 Å². The molecule has 1 fully saturated rings. The minimum Gasteiger partial charge on any atom is -0.356 e. The molecular formula is C20H30BrN3O2. The molecule has 1 aliphatic rings. The number of piperidine rings is 1. The Hall–Kier alpha value is -1.40. The first-order valence-corrected chi connectivity index (χ1v) is 10.3. The van der Waals surface area contributed by atoms with Gasteiger partial charge in [0.2, 0.25) is 11.8 Å². The maximum Gasteiger partial charge on any atom is 0.234 e. The zero-order valence-corrected chi connectivity index (χ0v) is 17.3. The van der Waals surface area contributed by atoms with Crippen LogP contribution in [0.15, 0.2) is 28.7 Å². The van der Waals surface area contributed by atoms with Crippen LogP contribution in [0.5, 0.6) is 0 Å². The number of nitrogens with one attached hydrogen (secondary N) is 2. The zero-order valence-electron chi connectivity index (χ0n) is 15.8. The van der Waals surface area contributed by atoms with E-state index < -0.39 is 0 Å². The molecule has 144 valence electrons. The van der Waals surface area contributed by atoms with Gasteiger partial charge in [-0.25, -0.2) is 0 Å². The number of amides is 2. The molecule has 5 nitrogen and oxygen atoms in total. The molecule has 1 heterocycles. The van der Waals surface area contributed by atoms with E-state index in [1.54, 1.807) is 0 Å². The highest BCUT2D eigenvalue weighted by Crippen LogP contribution is 2.18. The average molecular weight is 424 g/mol. The summed E-state index contributed by atoms with van der Waals surface area (Å²) in [4.78, 5) is 26.2. The van der Waals surface area contributed by atoms with Crippen LogP contribution in [0.3, 0.4) is 0 Å². The molecule has 6 heteroatoms. The maximum absolute atomic E-state index is 12.4. The van der Waals surface area contributed by atoms with Crippen molar-refractivity contribution in [2.75, 3.05) is 26.2 Å². The predicted octanol–water partition coefficient (Wildman–Crippen LogP) is 3.25. The highest BCUT2D eigenvalue weighted by atomic mass is 79.9. The van der Waals surface area contributed by atoms with E-state index in [4.69, 9.17) is 0 Å². The van der Waals surface area contributed by atoms with Crippen molar-refractivity contribution in [2.24, 2.45) is 5.92 Å². The summed E-state index contributed by atoms with van der Waals surface area (Å²) >= 11 is 3.43. The average Bonchev–Trinajstić information content (AvgIpc) is 2.61. The monoisotopic (exact) mass is 423 g/mol. The van der Waals surface area contributed by atoms with Crippen LogP contribution >= 0.6 is 15.9 Å².